The highest BCUT2D eigenvalue weighted by Crippen LogP contribution is 2.32. The number of nitrogens with zero attached hydrogens (tertiary/aromatic N) is 1. The van der Waals surface area contributed by atoms with Gasteiger partial charge >= 0.3 is 6.03 Å². The summed E-state index contributed by atoms with van der Waals surface area (Å²) in [4.78, 5) is 13.8. The van der Waals surface area contributed by atoms with Crippen LogP contribution in [0.4, 0.5) is 10.5 Å². The smallest absolute Gasteiger partial charge is 0.321 e. The number of ether oxygens (including phenoxy) is 3. The number of urea groups is 1. The standard InChI is InChI=1S/C18H19ClN2O4/c1-21(8-9-23-15-5-2-13(19)3-6-15)18(22)20-14-4-7-16-17(12-14)25-11-10-24-16/h2-7,12H,8-11H2,1H3,(H,20,22). The van der Waals surface area contributed by atoms with E-state index in [1.165, 1.54) is 0 Å². The highest BCUT2D eigenvalue weighted by molar-refractivity contribution is 6.30. The number of benzene rings is 2. The first kappa shape index (κ1) is 17.2. The van der Waals surface area contributed by atoms with Gasteiger partial charge in [0.15, 0.2) is 11.5 Å². The van der Waals surface area contributed by atoms with E-state index < -0.39 is 0 Å². The SMILES string of the molecule is CN(CCOc1ccc(Cl)cc1)C(=O)Nc1ccc2c(c1)OCCO2. The molecule has 0 saturated heterocycles. The Morgan fingerprint density at radius 2 is 1.88 bits per heavy atom. The van der Waals surface area contributed by atoms with Gasteiger partial charge in [-0.15, -0.1) is 0 Å². The van der Waals surface area contributed by atoms with Crippen molar-refractivity contribution in [1.29, 1.82) is 0 Å². The normalized spacial score (nSPS) is 12.4. The molecular formula is C18H19ClN2O4. The molecule has 0 saturated carbocycles. The fourth-order valence-corrected chi connectivity index (χ4v) is 2.40. The zero-order valence-electron chi connectivity index (χ0n) is 13.8. The molecule has 7 heteroatoms. The number of carbonyl (C=O) groups is 1. The van der Waals surface area contributed by atoms with Gasteiger partial charge in [-0.3, -0.25) is 0 Å². The van der Waals surface area contributed by atoms with Crippen LogP contribution in [0.25, 0.3) is 0 Å². The molecular weight excluding hydrogens is 344 g/mol. The minimum Gasteiger partial charge on any atom is -0.492 e. The zero-order chi connectivity index (χ0) is 17.6. The molecule has 25 heavy (non-hydrogen) atoms. The van der Waals surface area contributed by atoms with Crippen molar-refractivity contribution < 1.29 is 19.0 Å². The molecule has 0 atom stereocenters. The van der Waals surface area contributed by atoms with Crippen molar-refractivity contribution in [3.63, 3.8) is 0 Å². The van der Waals surface area contributed by atoms with Gasteiger partial charge in [-0.05, 0) is 36.4 Å². The summed E-state index contributed by atoms with van der Waals surface area (Å²) in [5, 5.41) is 3.48. The molecule has 1 heterocycles. The lowest BCUT2D eigenvalue weighted by molar-refractivity contribution is 0.171. The lowest BCUT2D eigenvalue weighted by atomic mass is 10.2. The van der Waals surface area contributed by atoms with E-state index in [0.29, 0.717) is 54.3 Å². The van der Waals surface area contributed by atoms with Gasteiger partial charge in [-0.25, -0.2) is 4.79 Å². The molecule has 6 nitrogen and oxygen atoms in total. The molecule has 1 N–H and O–H groups in total. The predicted molar refractivity (Wildman–Crippen MR) is 96.0 cm³/mol. The van der Waals surface area contributed by atoms with Crippen LogP contribution in [0.5, 0.6) is 17.2 Å². The maximum atomic E-state index is 12.2. The second kappa shape index (κ2) is 7.98. The second-order valence-electron chi connectivity index (χ2n) is 5.51. The van der Waals surface area contributed by atoms with Crippen LogP contribution in [0.2, 0.25) is 5.02 Å². The average Bonchev–Trinajstić information content (AvgIpc) is 2.63. The monoisotopic (exact) mass is 362 g/mol. The minimum atomic E-state index is -0.226. The number of anilines is 1. The van der Waals surface area contributed by atoms with Gasteiger partial charge in [0.25, 0.3) is 0 Å². The second-order valence-corrected chi connectivity index (χ2v) is 5.95. The molecule has 2 aromatic rings. The Labute approximate surface area is 151 Å². The summed E-state index contributed by atoms with van der Waals surface area (Å²) in [5.41, 5.74) is 0.653. The molecule has 132 valence electrons. The Balaban J connectivity index is 1.48. The van der Waals surface area contributed by atoms with Crippen LogP contribution in [-0.4, -0.2) is 44.3 Å². The highest BCUT2D eigenvalue weighted by Gasteiger charge is 2.14. The van der Waals surface area contributed by atoms with Gasteiger partial charge in [0, 0.05) is 23.8 Å². The Morgan fingerprint density at radius 1 is 1.16 bits per heavy atom. The van der Waals surface area contributed by atoms with E-state index in [0.717, 1.165) is 0 Å². The quantitative estimate of drug-likeness (QED) is 0.881. The summed E-state index contributed by atoms with van der Waals surface area (Å²) in [5.74, 6) is 2.04. The van der Waals surface area contributed by atoms with E-state index in [1.54, 1.807) is 54.4 Å². The van der Waals surface area contributed by atoms with E-state index in [4.69, 9.17) is 25.8 Å². The lowest BCUT2D eigenvalue weighted by Gasteiger charge is -2.21. The van der Waals surface area contributed by atoms with Crippen LogP contribution in [0.15, 0.2) is 42.5 Å². The molecule has 0 spiro atoms. The molecule has 1 aliphatic heterocycles. The number of halogens is 1. The largest absolute Gasteiger partial charge is 0.492 e. The van der Waals surface area contributed by atoms with Crippen molar-refractivity contribution >= 4 is 23.3 Å². The highest BCUT2D eigenvalue weighted by atomic mass is 35.5. The Bertz CT molecular complexity index is 736. The first-order valence-electron chi connectivity index (χ1n) is 7.92. The molecule has 0 aromatic heterocycles. The van der Waals surface area contributed by atoms with Crippen molar-refractivity contribution in [2.75, 3.05) is 38.7 Å². The van der Waals surface area contributed by atoms with Gasteiger partial charge in [0.05, 0.1) is 6.54 Å². The van der Waals surface area contributed by atoms with Crippen molar-refractivity contribution in [3.8, 4) is 17.2 Å². The molecule has 2 aromatic carbocycles. The first-order chi connectivity index (χ1) is 12.1. The fraction of sp³-hybridized carbons (Fsp3) is 0.278. The van der Waals surface area contributed by atoms with E-state index in [2.05, 4.69) is 5.32 Å². The van der Waals surface area contributed by atoms with E-state index in [1.807, 2.05) is 0 Å². The summed E-state index contributed by atoms with van der Waals surface area (Å²) in [6.07, 6.45) is 0. The topological polar surface area (TPSA) is 60.0 Å². The van der Waals surface area contributed by atoms with Crippen LogP contribution >= 0.6 is 11.6 Å². The molecule has 0 fully saturated rings. The van der Waals surface area contributed by atoms with E-state index >= 15 is 0 Å². The summed E-state index contributed by atoms with van der Waals surface area (Å²) < 4.78 is 16.6. The predicted octanol–water partition coefficient (Wildman–Crippen LogP) is 3.65. The summed E-state index contributed by atoms with van der Waals surface area (Å²) >= 11 is 5.83. The van der Waals surface area contributed by atoms with Gasteiger partial charge < -0.3 is 24.4 Å². The lowest BCUT2D eigenvalue weighted by Crippen LogP contribution is -2.34. The third-order valence-corrected chi connectivity index (χ3v) is 3.90. The van der Waals surface area contributed by atoms with Crippen LogP contribution in [0.1, 0.15) is 0 Å². The van der Waals surface area contributed by atoms with Crippen molar-refractivity contribution in [3.05, 3.63) is 47.5 Å². The van der Waals surface area contributed by atoms with Gasteiger partial charge in [-0.1, -0.05) is 11.6 Å². The maximum Gasteiger partial charge on any atom is 0.321 e. The molecule has 2 amide bonds. The minimum absolute atomic E-state index is 0.226. The Morgan fingerprint density at radius 3 is 2.64 bits per heavy atom. The summed E-state index contributed by atoms with van der Waals surface area (Å²) in [6, 6.07) is 12.2. The van der Waals surface area contributed by atoms with Crippen molar-refractivity contribution in [2.24, 2.45) is 0 Å². The van der Waals surface area contributed by atoms with Crippen molar-refractivity contribution in [2.45, 2.75) is 0 Å². The number of fused-ring (bicyclic) bond motifs is 1. The van der Waals surface area contributed by atoms with Crippen LogP contribution < -0.4 is 19.5 Å². The number of hydrogen-bond acceptors (Lipinski definition) is 4. The summed E-state index contributed by atoms with van der Waals surface area (Å²) in [7, 11) is 1.71. The van der Waals surface area contributed by atoms with Crippen molar-refractivity contribution in [1.82, 2.24) is 4.90 Å². The average molecular weight is 363 g/mol. The first-order valence-corrected chi connectivity index (χ1v) is 8.30. The number of rotatable bonds is 5. The van der Waals surface area contributed by atoms with Crippen LogP contribution in [0.3, 0.4) is 0 Å². The van der Waals surface area contributed by atoms with Gasteiger partial charge in [0.1, 0.15) is 25.6 Å². The third kappa shape index (κ3) is 4.70. The number of carbonyl (C=O) groups excluding carboxylic acids is 1. The molecule has 0 radical (unpaired) electrons. The van der Waals surface area contributed by atoms with Gasteiger partial charge in [0.2, 0.25) is 0 Å². The molecule has 1 aliphatic rings. The molecule has 3 rings (SSSR count). The summed E-state index contributed by atoms with van der Waals surface area (Å²) in [6.45, 7) is 1.87. The maximum absolute atomic E-state index is 12.2. The Hall–Kier alpha value is -2.60. The molecule has 0 unspecified atom stereocenters. The van der Waals surface area contributed by atoms with E-state index in [9.17, 15) is 4.79 Å². The van der Waals surface area contributed by atoms with Crippen LogP contribution in [0, 0.1) is 0 Å². The van der Waals surface area contributed by atoms with E-state index in [-0.39, 0.29) is 6.03 Å². The molecule has 0 aliphatic carbocycles. The van der Waals surface area contributed by atoms with Crippen LogP contribution in [-0.2, 0) is 0 Å². The number of amides is 2. The fourth-order valence-electron chi connectivity index (χ4n) is 2.27. The van der Waals surface area contributed by atoms with Gasteiger partial charge in [-0.2, -0.15) is 0 Å². The third-order valence-electron chi connectivity index (χ3n) is 3.65. The number of hydrogen-bond donors (Lipinski definition) is 1. The number of nitrogens with one attached hydrogen (secondary N) is 1. The number of likely N-dealkylation sites (N-methyl/N-ethyl adjacent to an activating group) is 1. The Kier molecular flexibility index (Phi) is 5.50. The molecule has 0 bridgehead atoms. The zero-order valence-corrected chi connectivity index (χ0v) is 14.6.